The lowest BCUT2D eigenvalue weighted by molar-refractivity contribution is 0.548. The van der Waals surface area contributed by atoms with Gasteiger partial charge in [-0.25, -0.2) is 4.98 Å². The fourth-order valence-electron chi connectivity index (χ4n) is 2.66. The second-order valence-corrected chi connectivity index (χ2v) is 9.25. The first-order valence-corrected chi connectivity index (χ1v) is 10.8. The average molecular weight is 404 g/mol. The number of nitrogens with one attached hydrogen (secondary N) is 1. The molecular formula is C17H17N5OS3. The van der Waals surface area contributed by atoms with Crippen molar-refractivity contribution < 1.29 is 0 Å². The minimum atomic E-state index is -0.0903. The van der Waals surface area contributed by atoms with E-state index in [0.717, 1.165) is 20.4 Å². The van der Waals surface area contributed by atoms with Crippen LogP contribution in [0.15, 0.2) is 39.2 Å². The van der Waals surface area contributed by atoms with Crippen molar-refractivity contribution >= 4 is 44.7 Å². The summed E-state index contributed by atoms with van der Waals surface area (Å²) < 4.78 is 2.01. The predicted octanol–water partition coefficient (Wildman–Crippen LogP) is 4.74. The van der Waals surface area contributed by atoms with Gasteiger partial charge in [-0.2, -0.15) is 0 Å². The van der Waals surface area contributed by atoms with E-state index >= 15 is 0 Å². The first-order chi connectivity index (χ1) is 12.5. The van der Waals surface area contributed by atoms with Crippen molar-refractivity contribution in [1.29, 1.82) is 0 Å². The molecule has 134 valence electrons. The SMILES string of the molecule is CC(Sc1nncn1C(C)C)c1nc2scc(-c3cccs3)c2c(=O)[nH]1. The number of aromatic amines is 1. The van der Waals surface area contributed by atoms with Gasteiger partial charge < -0.3 is 9.55 Å². The van der Waals surface area contributed by atoms with Crippen LogP contribution in [0, 0.1) is 0 Å². The Morgan fingerprint density at radius 1 is 1.27 bits per heavy atom. The van der Waals surface area contributed by atoms with Gasteiger partial charge >= 0.3 is 0 Å². The molecule has 6 nitrogen and oxygen atoms in total. The van der Waals surface area contributed by atoms with E-state index in [4.69, 9.17) is 4.98 Å². The maximum absolute atomic E-state index is 12.7. The molecule has 0 saturated carbocycles. The summed E-state index contributed by atoms with van der Waals surface area (Å²) in [7, 11) is 0. The lowest BCUT2D eigenvalue weighted by atomic mass is 10.2. The van der Waals surface area contributed by atoms with E-state index in [1.807, 2.05) is 34.4 Å². The molecule has 1 unspecified atom stereocenters. The fourth-order valence-corrected chi connectivity index (χ4v) is 5.44. The number of hydrogen-bond donors (Lipinski definition) is 1. The molecule has 4 aromatic rings. The number of thiophene rings is 2. The van der Waals surface area contributed by atoms with Gasteiger partial charge in [0.2, 0.25) is 0 Å². The predicted molar refractivity (Wildman–Crippen MR) is 108 cm³/mol. The van der Waals surface area contributed by atoms with Crippen LogP contribution in [0.1, 0.15) is 37.9 Å². The van der Waals surface area contributed by atoms with Crippen LogP contribution in [0.25, 0.3) is 20.7 Å². The van der Waals surface area contributed by atoms with Crippen LogP contribution in [0.5, 0.6) is 0 Å². The molecule has 0 aliphatic heterocycles. The van der Waals surface area contributed by atoms with Gasteiger partial charge in [0, 0.05) is 21.9 Å². The van der Waals surface area contributed by atoms with E-state index in [1.54, 1.807) is 29.4 Å². The van der Waals surface area contributed by atoms with Crippen molar-refractivity contribution in [1.82, 2.24) is 24.7 Å². The Morgan fingerprint density at radius 2 is 2.12 bits per heavy atom. The van der Waals surface area contributed by atoms with Gasteiger partial charge in [-0.15, -0.1) is 32.9 Å². The van der Waals surface area contributed by atoms with E-state index < -0.39 is 0 Å². The van der Waals surface area contributed by atoms with E-state index in [9.17, 15) is 4.79 Å². The summed E-state index contributed by atoms with van der Waals surface area (Å²) >= 11 is 4.68. The summed E-state index contributed by atoms with van der Waals surface area (Å²) in [5.74, 6) is 0.658. The van der Waals surface area contributed by atoms with Gasteiger partial charge in [-0.1, -0.05) is 17.8 Å². The third-order valence-electron chi connectivity index (χ3n) is 4.01. The van der Waals surface area contributed by atoms with E-state index in [0.29, 0.717) is 11.2 Å². The number of hydrogen-bond acceptors (Lipinski definition) is 7. The van der Waals surface area contributed by atoms with Crippen LogP contribution in [0.3, 0.4) is 0 Å². The van der Waals surface area contributed by atoms with Crippen LogP contribution in [0.2, 0.25) is 0 Å². The minimum Gasteiger partial charge on any atom is -0.309 e. The zero-order valence-electron chi connectivity index (χ0n) is 14.5. The standard InChI is InChI=1S/C17H17N5OS3/c1-9(2)22-8-18-21-17(22)26-10(3)14-19-15(23)13-11(7-25-16(13)20-14)12-5-4-6-24-12/h4-10H,1-3H3,(H,19,20,23). The molecule has 0 aliphatic rings. The number of H-pyrrole nitrogens is 1. The van der Waals surface area contributed by atoms with Crippen molar-refractivity contribution in [3.63, 3.8) is 0 Å². The molecule has 0 fully saturated rings. The molecule has 0 aliphatic carbocycles. The summed E-state index contributed by atoms with van der Waals surface area (Å²) in [6.07, 6.45) is 1.73. The molecule has 1 atom stereocenters. The quantitative estimate of drug-likeness (QED) is 0.487. The fraction of sp³-hybridized carbons (Fsp3) is 0.294. The average Bonchev–Trinajstić information content (AvgIpc) is 3.34. The van der Waals surface area contributed by atoms with E-state index in [-0.39, 0.29) is 16.9 Å². The molecule has 4 heterocycles. The summed E-state index contributed by atoms with van der Waals surface area (Å²) in [6.45, 7) is 6.19. The van der Waals surface area contributed by atoms with Crippen LogP contribution in [0.4, 0.5) is 0 Å². The summed E-state index contributed by atoms with van der Waals surface area (Å²) in [6, 6.07) is 4.29. The third-order valence-corrected chi connectivity index (χ3v) is 6.87. The summed E-state index contributed by atoms with van der Waals surface area (Å²) in [5, 5.41) is 13.6. The highest BCUT2D eigenvalue weighted by molar-refractivity contribution is 7.99. The number of fused-ring (bicyclic) bond motifs is 1. The largest absolute Gasteiger partial charge is 0.309 e. The Bertz CT molecular complexity index is 1090. The van der Waals surface area contributed by atoms with Gasteiger partial charge in [0.1, 0.15) is 17.0 Å². The van der Waals surface area contributed by atoms with Crippen molar-refractivity contribution in [2.24, 2.45) is 0 Å². The Kier molecular flexibility index (Phi) is 4.68. The van der Waals surface area contributed by atoms with E-state index in [2.05, 4.69) is 29.0 Å². The second-order valence-electron chi connectivity index (χ2n) is 6.13. The highest BCUT2D eigenvalue weighted by Crippen LogP contribution is 2.36. The monoisotopic (exact) mass is 403 g/mol. The molecule has 0 bridgehead atoms. The minimum absolute atomic E-state index is 0.0407. The molecule has 0 amide bonds. The molecule has 0 aromatic carbocycles. The Balaban J connectivity index is 1.69. The van der Waals surface area contributed by atoms with Gasteiger partial charge in [0.25, 0.3) is 5.56 Å². The number of rotatable bonds is 5. The lowest BCUT2D eigenvalue weighted by Gasteiger charge is -2.13. The zero-order chi connectivity index (χ0) is 18.3. The lowest BCUT2D eigenvalue weighted by Crippen LogP contribution is -2.12. The molecular weight excluding hydrogens is 386 g/mol. The number of aromatic nitrogens is 5. The molecule has 0 spiro atoms. The van der Waals surface area contributed by atoms with Crippen LogP contribution in [-0.2, 0) is 0 Å². The highest BCUT2D eigenvalue weighted by Gasteiger charge is 2.19. The van der Waals surface area contributed by atoms with Crippen molar-refractivity contribution in [2.45, 2.75) is 37.2 Å². The Morgan fingerprint density at radius 3 is 2.85 bits per heavy atom. The Labute approximate surface area is 162 Å². The number of nitrogens with zero attached hydrogens (tertiary/aromatic N) is 4. The van der Waals surface area contributed by atoms with Crippen molar-refractivity contribution in [2.75, 3.05) is 0 Å². The van der Waals surface area contributed by atoms with Crippen molar-refractivity contribution in [3.05, 3.63) is 45.4 Å². The van der Waals surface area contributed by atoms with Crippen LogP contribution >= 0.6 is 34.4 Å². The second kappa shape index (κ2) is 6.98. The summed E-state index contributed by atoms with van der Waals surface area (Å²) in [5.41, 5.74) is 0.868. The maximum Gasteiger partial charge on any atom is 0.260 e. The molecule has 0 radical (unpaired) electrons. The van der Waals surface area contributed by atoms with Crippen LogP contribution < -0.4 is 5.56 Å². The maximum atomic E-state index is 12.7. The first-order valence-electron chi connectivity index (χ1n) is 8.16. The molecule has 9 heteroatoms. The van der Waals surface area contributed by atoms with Gasteiger partial charge in [-0.05, 0) is 32.2 Å². The number of thioether (sulfide) groups is 1. The zero-order valence-corrected chi connectivity index (χ0v) is 16.9. The summed E-state index contributed by atoms with van der Waals surface area (Å²) in [4.78, 5) is 22.3. The topological polar surface area (TPSA) is 76.5 Å². The van der Waals surface area contributed by atoms with Gasteiger partial charge in [0.15, 0.2) is 5.16 Å². The molecule has 4 aromatic heterocycles. The molecule has 1 N–H and O–H groups in total. The van der Waals surface area contributed by atoms with E-state index in [1.165, 1.54) is 11.3 Å². The molecule has 4 rings (SSSR count). The van der Waals surface area contributed by atoms with Gasteiger partial charge in [0.05, 0.1) is 10.6 Å². The normalized spacial score (nSPS) is 12.9. The van der Waals surface area contributed by atoms with Crippen LogP contribution in [-0.4, -0.2) is 24.7 Å². The molecule has 26 heavy (non-hydrogen) atoms. The first kappa shape index (κ1) is 17.4. The molecule has 0 saturated heterocycles. The highest BCUT2D eigenvalue weighted by atomic mass is 32.2. The van der Waals surface area contributed by atoms with Gasteiger partial charge in [-0.3, -0.25) is 4.79 Å². The smallest absolute Gasteiger partial charge is 0.260 e. The third kappa shape index (κ3) is 3.10. The Hall–Kier alpha value is -1.97. The van der Waals surface area contributed by atoms with Crippen molar-refractivity contribution in [3.8, 4) is 10.4 Å².